The lowest BCUT2D eigenvalue weighted by Crippen LogP contribution is -2.18. The van der Waals surface area contributed by atoms with Crippen LogP contribution in [0.25, 0.3) is 0 Å². The van der Waals surface area contributed by atoms with Gasteiger partial charge in [0.2, 0.25) is 0 Å². The van der Waals surface area contributed by atoms with E-state index in [4.69, 9.17) is 4.18 Å². The first-order valence-corrected chi connectivity index (χ1v) is 6.66. The maximum atomic E-state index is 11.8. The third-order valence-corrected chi connectivity index (χ3v) is 3.26. The van der Waals surface area contributed by atoms with Crippen LogP contribution in [0.4, 0.5) is 5.69 Å². The molecule has 0 N–H and O–H groups in total. The number of rotatable bonds is 4. The first-order valence-electron chi connectivity index (χ1n) is 5.26. The average Bonchev–Trinajstić information content (AvgIpc) is 2.26. The van der Waals surface area contributed by atoms with Gasteiger partial charge < -0.3 is 0 Å². The Bertz CT molecular complexity index is 528. The van der Waals surface area contributed by atoms with Crippen molar-refractivity contribution in [3.8, 4) is 0 Å². The summed E-state index contributed by atoms with van der Waals surface area (Å²) < 4.78 is 28.4. The number of nitro groups is 1. The van der Waals surface area contributed by atoms with Crippen LogP contribution in [0.2, 0.25) is 0 Å². The van der Waals surface area contributed by atoms with Crippen molar-refractivity contribution < 1.29 is 17.5 Å². The monoisotopic (exact) mass is 273 g/mol. The molecule has 0 aliphatic rings. The molecule has 0 aliphatic heterocycles. The first-order chi connectivity index (χ1) is 8.12. The summed E-state index contributed by atoms with van der Waals surface area (Å²) in [6.45, 7) is 5.58. The third-order valence-electron chi connectivity index (χ3n) is 1.98. The molecule has 0 heterocycles. The van der Waals surface area contributed by atoms with Gasteiger partial charge in [-0.1, -0.05) is 20.8 Å². The lowest BCUT2D eigenvalue weighted by molar-refractivity contribution is -0.384. The van der Waals surface area contributed by atoms with Gasteiger partial charge in [-0.2, -0.15) is 8.42 Å². The zero-order valence-electron chi connectivity index (χ0n) is 10.4. The molecule has 18 heavy (non-hydrogen) atoms. The minimum Gasteiger partial charge on any atom is -0.266 e. The van der Waals surface area contributed by atoms with Crippen molar-refractivity contribution >= 4 is 15.8 Å². The predicted molar refractivity (Wildman–Crippen MR) is 65.7 cm³/mol. The zero-order chi connectivity index (χ0) is 14.0. The Morgan fingerprint density at radius 1 is 1.22 bits per heavy atom. The second-order valence-corrected chi connectivity index (χ2v) is 6.64. The van der Waals surface area contributed by atoms with Crippen LogP contribution in [-0.2, 0) is 14.3 Å². The Morgan fingerprint density at radius 2 is 1.72 bits per heavy atom. The predicted octanol–water partition coefficient (Wildman–Crippen LogP) is 2.35. The molecule has 0 atom stereocenters. The average molecular weight is 273 g/mol. The SMILES string of the molecule is CC(C)(C)COS(=O)(=O)c1ccc([N+](=O)[O-])cc1. The molecule has 0 unspecified atom stereocenters. The van der Waals surface area contributed by atoms with Gasteiger partial charge >= 0.3 is 0 Å². The Balaban J connectivity index is 2.89. The summed E-state index contributed by atoms with van der Waals surface area (Å²) >= 11 is 0. The van der Waals surface area contributed by atoms with Crippen LogP contribution in [0, 0.1) is 15.5 Å². The molecule has 6 nitrogen and oxygen atoms in total. The lowest BCUT2D eigenvalue weighted by Gasteiger charge is -2.17. The topological polar surface area (TPSA) is 86.5 Å². The van der Waals surface area contributed by atoms with Crippen molar-refractivity contribution in [1.29, 1.82) is 0 Å². The molecule has 1 rings (SSSR count). The molecule has 0 saturated heterocycles. The van der Waals surface area contributed by atoms with Gasteiger partial charge in [-0.15, -0.1) is 0 Å². The summed E-state index contributed by atoms with van der Waals surface area (Å²) in [4.78, 5) is 9.77. The number of hydrogen-bond acceptors (Lipinski definition) is 5. The summed E-state index contributed by atoms with van der Waals surface area (Å²) in [6.07, 6.45) is 0. The minimum atomic E-state index is -3.86. The van der Waals surface area contributed by atoms with E-state index in [-0.39, 0.29) is 22.6 Å². The number of nitro benzene ring substituents is 1. The fourth-order valence-electron chi connectivity index (χ4n) is 1.06. The van der Waals surface area contributed by atoms with Gasteiger partial charge in [-0.3, -0.25) is 14.3 Å². The molecule has 0 amide bonds. The quantitative estimate of drug-likeness (QED) is 0.477. The molecule has 1 aromatic rings. The molecule has 0 aromatic heterocycles. The number of non-ortho nitro benzene ring substituents is 1. The van der Waals surface area contributed by atoms with Crippen molar-refractivity contribution in [3.05, 3.63) is 34.4 Å². The van der Waals surface area contributed by atoms with E-state index in [0.29, 0.717) is 0 Å². The van der Waals surface area contributed by atoms with E-state index in [9.17, 15) is 18.5 Å². The van der Waals surface area contributed by atoms with E-state index in [1.807, 2.05) is 20.8 Å². The van der Waals surface area contributed by atoms with E-state index in [2.05, 4.69) is 0 Å². The van der Waals surface area contributed by atoms with Crippen molar-refractivity contribution in [2.24, 2.45) is 5.41 Å². The lowest BCUT2D eigenvalue weighted by atomic mass is 9.99. The molecular weight excluding hydrogens is 258 g/mol. The second kappa shape index (κ2) is 5.03. The Labute approximate surface area is 106 Å². The van der Waals surface area contributed by atoms with E-state index < -0.39 is 15.0 Å². The van der Waals surface area contributed by atoms with Crippen LogP contribution in [0.15, 0.2) is 29.2 Å². The molecule has 0 aliphatic carbocycles. The summed E-state index contributed by atoms with van der Waals surface area (Å²) in [6, 6.07) is 4.59. The molecular formula is C11H15NO5S. The Morgan fingerprint density at radius 3 is 2.11 bits per heavy atom. The van der Waals surface area contributed by atoms with Gasteiger partial charge in [0.1, 0.15) is 0 Å². The molecule has 7 heteroatoms. The van der Waals surface area contributed by atoms with E-state index >= 15 is 0 Å². The van der Waals surface area contributed by atoms with Crippen molar-refractivity contribution in [2.75, 3.05) is 6.61 Å². The number of hydrogen-bond donors (Lipinski definition) is 0. The zero-order valence-corrected chi connectivity index (χ0v) is 11.2. The van der Waals surface area contributed by atoms with Crippen molar-refractivity contribution in [1.82, 2.24) is 0 Å². The van der Waals surface area contributed by atoms with Crippen LogP contribution in [0.3, 0.4) is 0 Å². The summed E-state index contributed by atoms with van der Waals surface area (Å²) in [7, 11) is -3.86. The summed E-state index contributed by atoms with van der Waals surface area (Å²) in [5, 5.41) is 10.4. The van der Waals surface area contributed by atoms with Crippen molar-refractivity contribution in [2.45, 2.75) is 25.7 Å². The Kier molecular flexibility index (Phi) is 4.08. The fourth-order valence-corrected chi connectivity index (χ4v) is 2.17. The second-order valence-electron chi connectivity index (χ2n) is 5.03. The number of benzene rings is 1. The normalized spacial score (nSPS) is 12.4. The Hall–Kier alpha value is -1.47. The van der Waals surface area contributed by atoms with Gasteiger partial charge in [0, 0.05) is 12.1 Å². The summed E-state index contributed by atoms with van der Waals surface area (Å²) in [5.41, 5.74) is -0.446. The van der Waals surface area contributed by atoms with Crippen LogP contribution >= 0.6 is 0 Å². The maximum absolute atomic E-state index is 11.8. The van der Waals surface area contributed by atoms with Crippen LogP contribution < -0.4 is 0 Å². The van der Waals surface area contributed by atoms with E-state index in [1.54, 1.807) is 0 Å². The van der Waals surface area contributed by atoms with Crippen molar-refractivity contribution in [3.63, 3.8) is 0 Å². The van der Waals surface area contributed by atoms with E-state index in [1.165, 1.54) is 0 Å². The molecule has 1 aromatic carbocycles. The molecule has 0 saturated carbocycles. The van der Waals surface area contributed by atoms with Crippen LogP contribution in [-0.4, -0.2) is 19.9 Å². The van der Waals surface area contributed by atoms with Gasteiger partial charge in [-0.05, 0) is 17.5 Å². The highest BCUT2D eigenvalue weighted by atomic mass is 32.2. The van der Waals surface area contributed by atoms with Crippen LogP contribution in [0.1, 0.15) is 20.8 Å². The summed E-state index contributed by atoms with van der Waals surface area (Å²) in [5.74, 6) is 0. The molecule has 0 spiro atoms. The van der Waals surface area contributed by atoms with Gasteiger partial charge in [0.15, 0.2) is 0 Å². The van der Waals surface area contributed by atoms with Gasteiger partial charge in [0.05, 0.1) is 16.4 Å². The number of nitrogens with zero attached hydrogens (tertiary/aromatic N) is 1. The molecule has 0 radical (unpaired) electrons. The standard InChI is InChI=1S/C11H15NO5S/c1-11(2,3)8-17-18(15,16)10-6-4-9(5-7-10)12(13)14/h4-7H,8H2,1-3H3. The molecule has 100 valence electrons. The molecule has 0 bridgehead atoms. The van der Waals surface area contributed by atoms with Crippen LogP contribution in [0.5, 0.6) is 0 Å². The minimum absolute atomic E-state index is 0.0479. The first kappa shape index (κ1) is 14.6. The molecule has 0 fully saturated rings. The fraction of sp³-hybridized carbons (Fsp3) is 0.455. The van der Waals surface area contributed by atoms with Gasteiger partial charge in [-0.25, -0.2) is 0 Å². The smallest absolute Gasteiger partial charge is 0.266 e. The maximum Gasteiger partial charge on any atom is 0.296 e. The highest BCUT2D eigenvalue weighted by Gasteiger charge is 2.20. The third kappa shape index (κ3) is 4.08. The highest BCUT2D eigenvalue weighted by Crippen LogP contribution is 2.20. The van der Waals surface area contributed by atoms with Gasteiger partial charge in [0.25, 0.3) is 15.8 Å². The van der Waals surface area contributed by atoms with E-state index in [0.717, 1.165) is 24.3 Å². The largest absolute Gasteiger partial charge is 0.296 e. The highest BCUT2D eigenvalue weighted by molar-refractivity contribution is 7.86.